The summed E-state index contributed by atoms with van der Waals surface area (Å²) in [4.78, 5) is 0. The number of ether oxygens (including phenoxy) is 2. The van der Waals surface area contributed by atoms with E-state index in [1.165, 1.54) is 0 Å². The van der Waals surface area contributed by atoms with Gasteiger partial charge in [0.2, 0.25) is 5.16 Å². The Morgan fingerprint density at radius 2 is 1.81 bits per heavy atom. The third kappa shape index (κ3) is 4.77. The van der Waals surface area contributed by atoms with Gasteiger partial charge < -0.3 is 9.47 Å². The molecule has 6 nitrogen and oxygen atoms in total. The summed E-state index contributed by atoms with van der Waals surface area (Å²) >= 11 is 7.46. The van der Waals surface area contributed by atoms with Gasteiger partial charge in [0.25, 0.3) is 0 Å². The standard InChI is InChI=1S/C18H17ClN4O2S/c1-24-16-7-14(8-17(9-16)25-2)10-21-23-12-20-22-18(23)26-11-13-3-5-15(19)6-4-13/h3-10,12H,11H2,1-2H3/b21-10-. The molecule has 0 bridgehead atoms. The Labute approximate surface area is 160 Å². The van der Waals surface area contributed by atoms with Crippen LogP contribution in [-0.4, -0.2) is 35.3 Å². The summed E-state index contributed by atoms with van der Waals surface area (Å²) in [6.45, 7) is 0. The van der Waals surface area contributed by atoms with E-state index in [4.69, 9.17) is 21.1 Å². The maximum Gasteiger partial charge on any atom is 0.212 e. The van der Waals surface area contributed by atoms with Gasteiger partial charge in [0.05, 0.1) is 20.4 Å². The van der Waals surface area contributed by atoms with Gasteiger partial charge >= 0.3 is 0 Å². The SMILES string of the molecule is COc1cc(/C=N\n2cnnc2SCc2ccc(Cl)cc2)cc(OC)c1. The van der Waals surface area contributed by atoms with E-state index in [1.807, 2.05) is 42.5 Å². The first-order chi connectivity index (χ1) is 12.7. The van der Waals surface area contributed by atoms with Gasteiger partial charge in [-0.1, -0.05) is 35.5 Å². The summed E-state index contributed by atoms with van der Waals surface area (Å²) in [5, 5.41) is 13.9. The van der Waals surface area contributed by atoms with Crippen LogP contribution in [0.2, 0.25) is 5.02 Å². The maximum absolute atomic E-state index is 5.91. The van der Waals surface area contributed by atoms with E-state index < -0.39 is 0 Å². The van der Waals surface area contributed by atoms with Gasteiger partial charge in [-0.05, 0) is 29.8 Å². The zero-order valence-electron chi connectivity index (χ0n) is 14.3. The van der Waals surface area contributed by atoms with Gasteiger partial charge in [0, 0.05) is 22.4 Å². The van der Waals surface area contributed by atoms with Crippen molar-refractivity contribution >= 4 is 29.6 Å². The van der Waals surface area contributed by atoms with Crippen LogP contribution < -0.4 is 9.47 Å². The molecular weight excluding hydrogens is 372 g/mol. The van der Waals surface area contributed by atoms with Crippen LogP contribution in [0.4, 0.5) is 0 Å². The van der Waals surface area contributed by atoms with Crippen molar-refractivity contribution in [2.45, 2.75) is 10.9 Å². The number of rotatable bonds is 7. The van der Waals surface area contributed by atoms with Gasteiger partial charge in [0.15, 0.2) is 0 Å². The topological polar surface area (TPSA) is 61.5 Å². The highest BCUT2D eigenvalue weighted by Gasteiger charge is 2.05. The lowest BCUT2D eigenvalue weighted by Gasteiger charge is -2.05. The number of hydrogen-bond donors (Lipinski definition) is 0. The van der Waals surface area contributed by atoms with E-state index >= 15 is 0 Å². The van der Waals surface area contributed by atoms with Crippen molar-refractivity contribution in [1.29, 1.82) is 0 Å². The molecule has 0 amide bonds. The van der Waals surface area contributed by atoms with E-state index in [9.17, 15) is 0 Å². The Bertz CT molecular complexity index is 874. The Balaban J connectivity index is 1.72. The summed E-state index contributed by atoms with van der Waals surface area (Å²) in [6, 6.07) is 13.3. The molecule has 1 aromatic heterocycles. The minimum atomic E-state index is 0.700. The highest BCUT2D eigenvalue weighted by atomic mass is 35.5. The largest absolute Gasteiger partial charge is 0.497 e. The fourth-order valence-electron chi connectivity index (χ4n) is 2.15. The summed E-state index contributed by atoms with van der Waals surface area (Å²) in [5.74, 6) is 2.15. The second kappa shape index (κ2) is 8.73. The lowest BCUT2D eigenvalue weighted by molar-refractivity contribution is 0.394. The number of nitrogens with zero attached hydrogens (tertiary/aromatic N) is 4. The van der Waals surface area contributed by atoms with Crippen LogP contribution in [0.15, 0.2) is 59.0 Å². The number of thioether (sulfide) groups is 1. The molecule has 0 aliphatic carbocycles. The molecule has 3 aromatic rings. The monoisotopic (exact) mass is 388 g/mol. The lowest BCUT2D eigenvalue weighted by Crippen LogP contribution is -1.94. The van der Waals surface area contributed by atoms with E-state index in [0.29, 0.717) is 16.7 Å². The highest BCUT2D eigenvalue weighted by Crippen LogP contribution is 2.23. The lowest BCUT2D eigenvalue weighted by atomic mass is 10.2. The molecular formula is C18H17ClN4O2S. The fourth-order valence-corrected chi connectivity index (χ4v) is 3.10. The van der Waals surface area contributed by atoms with Gasteiger partial charge in [-0.25, -0.2) is 0 Å². The number of halogens is 1. The Morgan fingerprint density at radius 1 is 1.12 bits per heavy atom. The van der Waals surface area contributed by atoms with E-state index in [1.54, 1.807) is 43.2 Å². The molecule has 0 N–H and O–H groups in total. The normalized spacial score (nSPS) is 11.0. The highest BCUT2D eigenvalue weighted by molar-refractivity contribution is 7.98. The molecule has 134 valence electrons. The van der Waals surface area contributed by atoms with Crippen molar-refractivity contribution < 1.29 is 9.47 Å². The van der Waals surface area contributed by atoms with Crippen molar-refractivity contribution in [3.8, 4) is 11.5 Å². The number of benzene rings is 2. The third-order valence-corrected chi connectivity index (χ3v) is 4.74. The molecule has 0 aliphatic rings. The van der Waals surface area contributed by atoms with Gasteiger partial charge in [0.1, 0.15) is 17.8 Å². The molecule has 2 aromatic carbocycles. The minimum Gasteiger partial charge on any atom is -0.497 e. The summed E-state index contributed by atoms with van der Waals surface area (Å²) in [7, 11) is 3.22. The first-order valence-electron chi connectivity index (χ1n) is 7.72. The maximum atomic E-state index is 5.91. The summed E-state index contributed by atoms with van der Waals surface area (Å²) in [6.07, 6.45) is 3.28. The predicted molar refractivity (Wildman–Crippen MR) is 104 cm³/mol. The second-order valence-electron chi connectivity index (χ2n) is 5.26. The molecule has 0 radical (unpaired) electrons. The molecule has 0 spiro atoms. The smallest absolute Gasteiger partial charge is 0.212 e. The van der Waals surface area contributed by atoms with Crippen LogP contribution in [0, 0.1) is 0 Å². The molecule has 0 fully saturated rings. The number of hydrogen-bond acceptors (Lipinski definition) is 6. The third-order valence-electron chi connectivity index (χ3n) is 3.49. The molecule has 26 heavy (non-hydrogen) atoms. The molecule has 8 heteroatoms. The van der Waals surface area contributed by atoms with Gasteiger partial charge in [-0.3, -0.25) is 0 Å². The van der Waals surface area contributed by atoms with Gasteiger partial charge in [-0.2, -0.15) is 9.78 Å². The zero-order chi connectivity index (χ0) is 18.4. The summed E-state index contributed by atoms with van der Waals surface area (Å²) < 4.78 is 12.2. The van der Waals surface area contributed by atoms with Crippen LogP contribution in [0.1, 0.15) is 11.1 Å². The van der Waals surface area contributed by atoms with Crippen molar-refractivity contribution in [2.24, 2.45) is 5.10 Å². The second-order valence-corrected chi connectivity index (χ2v) is 6.64. The average molecular weight is 389 g/mol. The van der Waals surface area contributed by atoms with E-state index in [-0.39, 0.29) is 0 Å². The first kappa shape index (κ1) is 18.3. The first-order valence-corrected chi connectivity index (χ1v) is 9.09. The van der Waals surface area contributed by atoms with Crippen molar-refractivity contribution in [1.82, 2.24) is 14.9 Å². The number of methoxy groups -OCH3 is 2. The Kier molecular flexibility index (Phi) is 6.14. The van der Waals surface area contributed by atoms with Crippen molar-refractivity contribution in [2.75, 3.05) is 14.2 Å². The Morgan fingerprint density at radius 3 is 2.46 bits per heavy atom. The molecule has 3 rings (SSSR count). The van der Waals surface area contributed by atoms with Crippen LogP contribution in [0.3, 0.4) is 0 Å². The molecule has 0 saturated carbocycles. The van der Waals surface area contributed by atoms with Crippen LogP contribution in [0.5, 0.6) is 11.5 Å². The number of aromatic nitrogens is 3. The van der Waals surface area contributed by atoms with Crippen LogP contribution in [0.25, 0.3) is 0 Å². The van der Waals surface area contributed by atoms with Gasteiger partial charge in [-0.15, -0.1) is 10.2 Å². The molecule has 0 unspecified atom stereocenters. The van der Waals surface area contributed by atoms with Crippen LogP contribution >= 0.6 is 23.4 Å². The van der Waals surface area contributed by atoms with E-state index in [0.717, 1.165) is 21.9 Å². The zero-order valence-corrected chi connectivity index (χ0v) is 15.9. The fraction of sp³-hybridized carbons (Fsp3) is 0.167. The quantitative estimate of drug-likeness (QED) is 0.450. The van der Waals surface area contributed by atoms with Crippen molar-refractivity contribution in [3.05, 3.63) is 64.9 Å². The molecule has 1 heterocycles. The van der Waals surface area contributed by atoms with Crippen molar-refractivity contribution in [3.63, 3.8) is 0 Å². The summed E-state index contributed by atoms with van der Waals surface area (Å²) in [5.41, 5.74) is 2.00. The predicted octanol–water partition coefficient (Wildman–Crippen LogP) is 4.12. The Hall–Kier alpha value is -2.51. The van der Waals surface area contributed by atoms with E-state index in [2.05, 4.69) is 15.3 Å². The molecule has 0 saturated heterocycles. The van der Waals surface area contributed by atoms with Crippen LogP contribution in [-0.2, 0) is 5.75 Å². The molecule has 0 atom stereocenters. The molecule has 0 aliphatic heterocycles. The average Bonchev–Trinajstić information content (AvgIpc) is 3.13. The minimum absolute atomic E-state index is 0.700.